The molecule has 1 aliphatic carbocycles. The first-order valence-electron chi connectivity index (χ1n) is 10.5. The molecule has 1 aromatic heterocycles. The van der Waals surface area contributed by atoms with Gasteiger partial charge in [-0.1, -0.05) is 12.8 Å². The van der Waals surface area contributed by atoms with Crippen molar-refractivity contribution in [2.75, 3.05) is 31.3 Å². The Labute approximate surface area is 187 Å². The highest BCUT2D eigenvalue weighted by atomic mass is 32.2. The Kier molecular flexibility index (Phi) is 6.33. The number of aromatic amines is 1. The first-order valence-corrected chi connectivity index (χ1v) is 11.9. The Balaban J connectivity index is 1.45. The van der Waals surface area contributed by atoms with Crippen molar-refractivity contribution >= 4 is 38.7 Å². The number of carbonyl (C=O) groups excluding carboxylic acids is 1. The highest BCUT2D eigenvalue weighted by Gasteiger charge is 2.19. The summed E-state index contributed by atoms with van der Waals surface area (Å²) in [4.78, 5) is 21.0. The summed E-state index contributed by atoms with van der Waals surface area (Å²) in [6, 6.07) is 11.8. The molecule has 4 rings (SSSR count). The number of hydrogen-bond donors (Lipinski definition) is 3. The van der Waals surface area contributed by atoms with Gasteiger partial charge in [0.1, 0.15) is 10.6 Å². The largest absolute Gasteiger partial charge is 0.382 e. The van der Waals surface area contributed by atoms with Crippen LogP contribution in [-0.2, 0) is 14.9 Å². The molecule has 10 heteroatoms. The van der Waals surface area contributed by atoms with Gasteiger partial charge in [-0.3, -0.25) is 10.1 Å². The lowest BCUT2D eigenvalue weighted by atomic mass is 10.2. The minimum Gasteiger partial charge on any atom is -0.382 e. The van der Waals surface area contributed by atoms with Crippen LogP contribution in [0.15, 0.2) is 47.4 Å². The molecule has 0 radical (unpaired) electrons. The summed E-state index contributed by atoms with van der Waals surface area (Å²) in [6.07, 6.45) is 4.73. The second-order valence-electron chi connectivity index (χ2n) is 8.24. The number of fused-ring (bicyclic) bond motifs is 1. The molecule has 170 valence electrons. The Hall–Kier alpha value is -3.11. The molecular formula is C22H27N5O4S. The molecule has 0 atom stereocenters. The summed E-state index contributed by atoms with van der Waals surface area (Å²) >= 11 is 0. The lowest BCUT2D eigenvalue weighted by molar-refractivity contribution is -0.116. The minimum absolute atomic E-state index is 0.0795. The van der Waals surface area contributed by atoms with Crippen molar-refractivity contribution in [1.82, 2.24) is 14.9 Å². The third kappa shape index (κ3) is 5.38. The van der Waals surface area contributed by atoms with Gasteiger partial charge in [0, 0.05) is 17.8 Å². The molecule has 3 aromatic rings. The predicted octanol–water partition coefficient (Wildman–Crippen LogP) is 3.19. The number of nitrogens with one attached hydrogen (secondary N) is 3. The smallest absolute Gasteiger partial charge is 0.339 e. The Morgan fingerprint density at radius 2 is 1.88 bits per heavy atom. The van der Waals surface area contributed by atoms with E-state index in [-0.39, 0.29) is 29.0 Å². The number of H-pyrrole nitrogens is 1. The van der Waals surface area contributed by atoms with Crippen LogP contribution in [-0.4, -0.2) is 55.9 Å². The molecule has 3 N–H and O–H groups in total. The zero-order chi connectivity index (χ0) is 22.7. The van der Waals surface area contributed by atoms with Crippen LogP contribution in [0, 0.1) is 0 Å². The van der Waals surface area contributed by atoms with E-state index >= 15 is 0 Å². The van der Waals surface area contributed by atoms with Crippen LogP contribution in [0.4, 0.5) is 11.6 Å². The number of rotatable bonds is 8. The molecule has 0 unspecified atom stereocenters. The fourth-order valence-corrected chi connectivity index (χ4v) is 4.68. The van der Waals surface area contributed by atoms with Gasteiger partial charge in [-0.15, -0.1) is 0 Å². The maximum absolute atomic E-state index is 12.7. The van der Waals surface area contributed by atoms with Crippen molar-refractivity contribution in [3.8, 4) is 5.75 Å². The fourth-order valence-electron chi connectivity index (χ4n) is 3.76. The van der Waals surface area contributed by atoms with Crippen molar-refractivity contribution in [1.29, 1.82) is 0 Å². The van der Waals surface area contributed by atoms with Crippen LogP contribution in [0.2, 0.25) is 0 Å². The Bertz CT molecular complexity index is 1200. The Morgan fingerprint density at radius 3 is 2.56 bits per heavy atom. The molecule has 1 heterocycles. The predicted molar refractivity (Wildman–Crippen MR) is 123 cm³/mol. The number of anilines is 2. The van der Waals surface area contributed by atoms with E-state index in [2.05, 4.69) is 20.6 Å². The van der Waals surface area contributed by atoms with Gasteiger partial charge in [-0.05, 0) is 63.3 Å². The average Bonchev–Trinajstić information content (AvgIpc) is 3.36. The number of likely N-dealkylation sites (N-methyl/N-ethyl adjacent to an activating group) is 1. The van der Waals surface area contributed by atoms with Gasteiger partial charge in [0.05, 0.1) is 17.6 Å². The van der Waals surface area contributed by atoms with E-state index in [0.29, 0.717) is 17.1 Å². The van der Waals surface area contributed by atoms with Crippen LogP contribution < -0.4 is 14.8 Å². The molecular weight excluding hydrogens is 430 g/mol. The van der Waals surface area contributed by atoms with Gasteiger partial charge in [0.15, 0.2) is 0 Å². The summed E-state index contributed by atoms with van der Waals surface area (Å²) in [6.45, 7) is 0.221. The van der Waals surface area contributed by atoms with Gasteiger partial charge in [0.25, 0.3) is 0 Å². The van der Waals surface area contributed by atoms with Crippen LogP contribution in [0.25, 0.3) is 11.0 Å². The average molecular weight is 458 g/mol. The normalized spacial score (nSPS) is 14.7. The SMILES string of the molecule is CN(C)CC(=O)Nc1nc2ccc(OS(=O)(=O)c3ccc(NC4CCCC4)cc3)cc2[nH]1. The van der Waals surface area contributed by atoms with Crippen LogP contribution >= 0.6 is 0 Å². The van der Waals surface area contributed by atoms with Gasteiger partial charge in [0.2, 0.25) is 11.9 Å². The third-order valence-corrected chi connectivity index (χ3v) is 6.51. The number of aromatic nitrogens is 2. The third-order valence-electron chi connectivity index (χ3n) is 5.25. The number of amides is 1. The van der Waals surface area contributed by atoms with Crippen molar-refractivity contribution in [3.05, 3.63) is 42.5 Å². The Morgan fingerprint density at radius 1 is 1.16 bits per heavy atom. The number of nitrogens with zero attached hydrogens (tertiary/aromatic N) is 2. The summed E-state index contributed by atoms with van der Waals surface area (Å²) in [5, 5.41) is 6.11. The molecule has 0 bridgehead atoms. The summed E-state index contributed by atoms with van der Waals surface area (Å²) < 4.78 is 30.8. The molecule has 1 fully saturated rings. The van der Waals surface area contributed by atoms with Crippen molar-refractivity contribution in [2.45, 2.75) is 36.6 Å². The molecule has 0 aliphatic heterocycles. The fraction of sp³-hybridized carbons (Fsp3) is 0.364. The second kappa shape index (κ2) is 9.17. The zero-order valence-corrected chi connectivity index (χ0v) is 18.9. The highest BCUT2D eigenvalue weighted by molar-refractivity contribution is 7.87. The van der Waals surface area contributed by atoms with E-state index in [1.807, 2.05) is 0 Å². The number of hydrogen-bond acceptors (Lipinski definition) is 7. The molecule has 1 amide bonds. The summed E-state index contributed by atoms with van der Waals surface area (Å²) in [5.74, 6) is 0.233. The van der Waals surface area contributed by atoms with Crippen molar-refractivity contribution < 1.29 is 17.4 Å². The van der Waals surface area contributed by atoms with E-state index in [1.165, 1.54) is 25.0 Å². The number of carbonyl (C=O) groups is 1. The molecule has 2 aromatic carbocycles. The van der Waals surface area contributed by atoms with Crippen LogP contribution in [0.5, 0.6) is 5.75 Å². The van der Waals surface area contributed by atoms with Crippen LogP contribution in [0.1, 0.15) is 25.7 Å². The maximum Gasteiger partial charge on any atom is 0.339 e. The van der Waals surface area contributed by atoms with E-state index in [4.69, 9.17) is 4.18 Å². The summed E-state index contributed by atoms with van der Waals surface area (Å²) in [7, 11) is -0.402. The second-order valence-corrected chi connectivity index (χ2v) is 9.78. The maximum atomic E-state index is 12.7. The van der Waals surface area contributed by atoms with Crippen molar-refractivity contribution in [2.24, 2.45) is 0 Å². The molecule has 1 aliphatic rings. The molecule has 1 saturated carbocycles. The van der Waals surface area contributed by atoms with Gasteiger partial charge >= 0.3 is 10.1 Å². The molecule has 9 nitrogen and oxygen atoms in total. The lowest BCUT2D eigenvalue weighted by Crippen LogP contribution is -2.27. The van der Waals surface area contributed by atoms with Gasteiger partial charge in [-0.25, -0.2) is 4.98 Å². The topological polar surface area (TPSA) is 116 Å². The lowest BCUT2D eigenvalue weighted by Gasteiger charge is -2.14. The van der Waals surface area contributed by atoms with Gasteiger partial charge in [-0.2, -0.15) is 8.42 Å². The first kappa shape index (κ1) is 22.1. The van der Waals surface area contributed by atoms with E-state index in [1.54, 1.807) is 49.3 Å². The van der Waals surface area contributed by atoms with Gasteiger partial charge < -0.3 is 19.4 Å². The van der Waals surface area contributed by atoms with Crippen LogP contribution in [0.3, 0.4) is 0 Å². The van der Waals surface area contributed by atoms with E-state index in [0.717, 1.165) is 18.5 Å². The van der Waals surface area contributed by atoms with Crippen molar-refractivity contribution in [3.63, 3.8) is 0 Å². The standard InChI is InChI=1S/C22H27N5O4S/c1-27(2)14-21(28)26-22-24-19-12-9-17(13-20(19)25-22)31-32(29,30)18-10-7-16(8-11-18)23-15-5-3-4-6-15/h7-13,15,23H,3-6,14H2,1-2H3,(H2,24,25,26,28). The van der Waals surface area contributed by atoms with E-state index < -0.39 is 10.1 Å². The summed E-state index contributed by atoms with van der Waals surface area (Å²) in [5.41, 5.74) is 2.03. The quantitative estimate of drug-likeness (QED) is 0.445. The molecule has 0 spiro atoms. The minimum atomic E-state index is -3.99. The first-order chi connectivity index (χ1) is 15.3. The zero-order valence-electron chi connectivity index (χ0n) is 18.1. The highest BCUT2D eigenvalue weighted by Crippen LogP contribution is 2.26. The number of benzene rings is 2. The number of imidazole rings is 1. The molecule has 0 saturated heterocycles. The van der Waals surface area contributed by atoms with E-state index in [9.17, 15) is 13.2 Å². The monoisotopic (exact) mass is 457 g/mol. The molecule has 32 heavy (non-hydrogen) atoms.